The third-order valence-electron chi connectivity index (χ3n) is 2.93. The molecule has 0 spiro atoms. The molecular formula is C12H17N3O2. The minimum absolute atomic E-state index is 0.0951. The topological polar surface area (TPSA) is 63.2 Å². The number of amides is 1. The maximum Gasteiger partial charge on any atom is 0.224 e. The van der Waals surface area contributed by atoms with Crippen LogP contribution in [0.5, 0.6) is 5.88 Å². The Balaban J connectivity index is 1.90. The molecule has 2 heterocycles. The Morgan fingerprint density at radius 2 is 2.59 bits per heavy atom. The Hall–Kier alpha value is -1.62. The molecule has 1 atom stereocenters. The van der Waals surface area contributed by atoms with Crippen LogP contribution in [0.25, 0.3) is 0 Å². The number of carbonyl (C=O) groups is 1. The van der Waals surface area contributed by atoms with Gasteiger partial charge in [-0.25, -0.2) is 4.98 Å². The van der Waals surface area contributed by atoms with E-state index in [0.717, 1.165) is 25.1 Å². The largest absolute Gasteiger partial charge is 0.481 e. The second kappa shape index (κ2) is 5.63. The number of ether oxygens (including phenoxy) is 1. The van der Waals surface area contributed by atoms with Gasteiger partial charge < -0.3 is 15.4 Å². The Labute approximate surface area is 101 Å². The minimum atomic E-state index is 0.0951. The fourth-order valence-corrected chi connectivity index (χ4v) is 1.95. The van der Waals surface area contributed by atoms with Gasteiger partial charge in [0.05, 0.1) is 13.0 Å². The summed E-state index contributed by atoms with van der Waals surface area (Å²) in [6.07, 6.45) is 2.58. The zero-order valence-corrected chi connectivity index (χ0v) is 9.90. The molecule has 5 heteroatoms. The van der Waals surface area contributed by atoms with Crippen molar-refractivity contribution in [1.29, 1.82) is 0 Å². The summed E-state index contributed by atoms with van der Waals surface area (Å²) >= 11 is 0. The average Bonchev–Trinajstić information content (AvgIpc) is 2.90. The zero-order valence-electron chi connectivity index (χ0n) is 9.90. The van der Waals surface area contributed by atoms with Crippen molar-refractivity contribution in [3.8, 4) is 5.88 Å². The van der Waals surface area contributed by atoms with Crippen LogP contribution in [0, 0.1) is 5.92 Å². The summed E-state index contributed by atoms with van der Waals surface area (Å²) in [7, 11) is 1.58. The molecular weight excluding hydrogens is 218 g/mol. The van der Waals surface area contributed by atoms with E-state index in [1.165, 1.54) is 0 Å². The molecule has 0 radical (unpaired) electrons. The first-order valence-corrected chi connectivity index (χ1v) is 5.77. The molecule has 1 aromatic rings. The van der Waals surface area contributed by atoms with E-state index in [1.807, 2.05) is 12.1 Å². The molecule has 1 saturated heterocycles. The smallest absolute Gasteiger partial charge is 0.224 e. The molecule has 1 aliphatic heterocycles. The summed E-state index contributed by atoms with van der Waals surface area (Å²) in [4.78, 5) is 15.9. The van der Waals surface area contributed by atoms with Crippen LogP contribution >= 0.6 is 0 Å². The highest BCUT2D eigenvalue weighted by molar-refractivity contribution is 5.79. The van der Waals surface area contributed by atoms with E-state index in [9.17, 15) is 4.79 Å². The highest BCUT2D eigenvalue weighted by Crippen LogP contribution is 2.14. The first-order valence-electron chi connectivity index (χ1n) is 5.77. The van der Waals surface area contributed by atoms with E-state index in [0.29, 0.717) is 12.4 Å². The number of rotatable bonds is 4. The normalized spacial score (nSPS) is 19.0. The second-order valence-electron chi connectivity index (χ2n) is 4.08. The standard InChI is InChI=1S/C12H17N3O2/c1-17-12-10(3-2-5-14-12)8-15-11(16)9-4-6-13-7-9/h2-3,5,9,13H,4,6-8H2,1H3,(H,15,16). The van der Waals surface area contributed by atoms with E-state index in [2.05, 4.69) is 15.6 Å². The van der Waals surface area contributed by atoms with E-state index >= 15 is 0 Å². The van der Waals surface area contributed by atoms with Crippen LogP contribution in [0.2, 0.25) is 0 Å². The first kappa shape index (κ1) is 11.9. The lowest BCUT2D eigenvalue weighted by molar-refractivity contribution is -0.124. The summed E-state index contributed by atoms with van der Waals surface area (Å²) in [6.45, 7) is 2.16. The minimum Gasteiger partial charge on any atom is -0.481 e. The van der Waals surface area contributed by atoms with Gasteiger partial charge in [0.15, 0.2) is 0 Å². The fourth-order valence-electron chi connectivity index (χ4n) is 1.95. The summed E-state index contributed by atoms with van der Waals surface area (Å²) < 4.78 is 5.13. The average molecular weight is 235 g/mol. The number of nitrogens with zero attached hydrogens (tertiary/aromatic N) is 1. The van der Waals surface area contributed by atoms with E-state index < -0.39 is 0 Å². The number of methoxy groups -OCH3 is 1. The number of hydrogen-bond acceptors (Lipinski definition) is 4. The van der Waals surface area contributed by atoms with Crippen molar-refractivity contribution < 1.29 is 9.53 Å². The van der Waals surface area contributed by atoms with Gasteiger partial charge in [-0.15, -0.1) is 0 Å². The SMILES string of the molecule is COc1ncccc1CNC(=O)C1CCNC1. The van der Waals surface area contributed by atoms with Gasteiger partial charge in [-0.3, -0.25) is 4.79 Å². The summed E-state index contributed by atoms with van der Waals surface area (Å²) in [6, 6.07) is 3.74. The molecule has 0 saturated carbocycles. The molecule has 2 rings (SSSR count). The number of carbonyl (C=O) groups excluding carboxylic acids is 1. The van der Waals surface area contributed by atoms with Gasteiger partial charge in [0, 0.05) is 24.8 Å². The third kappa shape index (κ3) is 2.94. The summed E-state index contributed by atoms with van der Waals surface area (Å²) in [5, 5.41) is 6.09. The fraction of sp³-hybridized carbons (Fsp3) is 0.500. The van der Waals surface area contributed by atoms with Crippen LogP contribution in [0.3, 0.4) is 0 Å². The molecule has 1 unspecified atom stereocenters. The highest BCUT2D eigenvalue weighted by Gasteiger charge is 2.22. The molecule has 0 bridgehead atoms. The Morgan fingerprint density at radius 3 is 3.29 bits per heavy atom. The highest BCUT2D eigenvalue weighted by atomic mass is 16.5. The predicted molar refractivity (Wildman–Crippen MR) is 63.6 cm³/mol. The van der Waals surface area contributed by atoms with Crippen LogP contribution in [0.1, 0.15) is 12.0 Å². The van der Waals surface area contributed by atoms with Gasteiger partial charge in [-0.2, -0.15) is 0 Å². The third-order valence-corrected chi connectivity index (χ3v) is 2.93. The first-order chi connectivity index (χ1) is 8.31. The summed E-state index contributed by atoms with van der Waals surface area (Å²) in [5.74, 6) is 0.760. The molecule has 1 fully saturated rings. The molecule has 1 amide bonds. The van der Waals surface area contributed by atoms with Crippen LogP contribution in [0.15, 0.2) is 18.3 Å². The van der Waals surface area contributed by atoms with Crippen LogP contribution in [-0.4, -0.2) is 31.1 Å². The molecule has 0 aromatic carbocycles. The van der Waals surface area contributed by atoms with Gasteiger partial charge in [-0.1, -0.05) is 6.07 Å². The predicted octanol–water partition coefficient (Wildman–Crippen LogP) is 0.316. The number of aromatic nitrogens is 1. The number of hydrogen-bond donors (Lipinski definition) is 2. The van der Waals surface area contributed by atoms with Crippen molar-refractivity contribution >= 4 is 5.91 Å². The van der Waals surface area contributed by atoms with Gasteiger partial charge in [0.2, 0.25) is 11.8 Å². The second-order valence-corrected chi connectivity index (χ2v) is 4.08. The van der Waals surface area contributed by atoms with Crippen molar-refractivity contribution in [2.75, 3.05) is 20.2 Å². The van der Waals surface area contributed by atoms with Gasteiger partial charge in [-0.05, 0) is 19.0 Å². The van der Waals surface area contributed by atoms with Crippen molar-refractivity contribution in [2.24, 2.45) is 5.92 Å². The molecule has 0 aliphatic carbocycles. The molecule has 92 valence electrons. The van der Waals surface area contributed by atoms with Crippen LogP contribution in [-0.2, 0) is 11.3 Å². The van der Waals surface area contributed by atoms with Crippen molar-refractivity contribution in [3.63, 3.8) is 0 Å². The number of pyridine rings is 1. The lowest BCUT2D eigenvalue weighted by atomic mass is 10.1. The van der Waals surface area contributed by atoms with Gasteiger partial charge in [0.1, 0.15) is 0 Å². The molecule has 1 aliphatic rings. The molecule has 17 heavy (non-hydrogen) atoms. The Bertz CT molecular complexity index is 389. The molecule has 5 nitrogen and oxygen atoms in total. The van der Waals surface area contributed by atoms with Gasteiger partial charge >= 0.3 is 0 Å². The summed E-state index contributed by atoms with van der Waals surface area (Å²) in [5.41, 5.74) is 0.898. The van der Waals surface area contributed by atoms with Gasteiger partial charge in [0.25, 0.3) is 0 Å². The van der Waals surface area contributed by atoms with Crippen molar-refractivity contribution in [2.45, 2.75) is 13.0 Å². The van der Waals surface area contributed by atoms with E-state index in [4.69, 9.17) is 4.74 Å². The van der Waals surface area contributed by atoms with E-state index in [1.54, 1.807) is 13.3 Å². The van der Waals surface area contributed by atoms with Crippen molar-refractivity contribution in [1.82, 2.24) is 15.6 Å². The van der Waals surface area contributed by atoms with Crippen LogP contribution in [0.4, 0.5) is 0 Å². The zero-order chi connectivity index (χ0) is 12.1. The van der Waals surface area contributed by atoms with Crippen molar-refractivity contribution in [3.05, 3.63) is 23.9 Å². The van der Waals surface area contributed by atoms with E-state index in [-0.39, 0.29) is 11.8 Å². The lowest BCUT2D eigenvalue weighted by Crippen LogP contribution is -2.31. The molecule has 2 N–H and O–H groups in total. The number of nitrogens with one attached hydrogen (secondary N) is 2. The molecule has 1 aromatic heterocycles. The monoisotopic (exact) mass is 235 g/mol. The maximum atomic E-state index is 11.8. The Morgan fingerprint density at radius 1 is 1.71 bits per heavy atom. The van der Waals surface area contributed by atoms with Crippen LogP contribution < -0.4 is 15.4 Å². The maximum absolute atomic E-state index is 11.8. The quantitative estimate of drug-likeness (QED) is 0.788. The Kier molecular flexibility index (Phi) is 3.93. The lowest BCUT2D eigenvalue weighted by Gasteiger charge is -2.11.